The third-order valence-electron chi connectivity index (χ3n) is 10.0. The number of ether oxygens (including phenoxy) is 5. The third-order valence-corrected chi connectivity index (χ3v) is 11.0. The molecule has 8 atom stereocenters. The van der Waals surface area contributed by atoms with Crippen LogP contribution in [0.25, 0.3) is 0 Å². The number of thioether (sulfide) groups is 1. The number of esters is 1. The van der Waals surface area contributed by atoms with Crippen LogP contribution in [0.1, 0.15) is 52.5 Å². The predicted molar refractivity (Wildman–Crippen MR) is 194 cm³/mol. The SMILES string of the molecule is COc1cc2cc(c1Cl)N(C)C(=O)C[C@H](OC(=O)[C@H](C)N(C)C(=O)CCSC)C1(C)OC1[C@H](C)C1C[C@@](O)(NC(=O)O1)[C@H](OC)/C=C/C=C(\C)C2. The van der Waals surface area contributed by atoms with Crippen LogP contribution in [0, 0.1) is 5.92 Å². The summed E-state index contributed by atoms with van der Waals surface area (Å²) < 4.78 is 29.1. The van der Waals surface area contributed by atoms with Crippen LogP contribution >= 0.6 is 23.4 Å². The number of halogens is 1. The van der Waals surface area contributed by atoms with Crippen LogP contribution in [0.4, 0.5) is 10.5 Å². The molecular weight excluding hydrogens is 702 g/mol. The standard InChI is InChI=1S/C36H50ClN3O10S/c1-20-11-10-12-27(47-8)36(45)19-26(48-34(44)38-36)21(2)32-35(4,50-32)28(49-33(43)22(3)39(5)29(41)13-14-51-9)18-30(42)40(6)24-16-23(15-20)17-25(46-7)31(24)37/h10-12,16-17,21-22,26-28,32,45H,13-15,18-19H2,1-9H3,(H,38,44)/b12-10+,20-11+/t21-,22+,26?,27-,28+,32?,35?,36+/m1/s1. The van der Waals surface area contributed by atoms with Crippen molar-refractivity contribution in [2.45, 2.75) is 95.2 Å². The first kappa shape index (κ1) is 40.5. The minimum atomic E-state index is -1.82. The van der Waals surface area contributed by atoms with Gasteiger partial charge in [0.15, 0.2) is 5.72 Å². The van der Waals surface area contributed by atoms with E-state index in [0.29, 0.717) is 23.6 Å². The van der Waals surface area contributed by atoms with Crippen LogP contribution in [-0.4, -0.2) is 116 Å². The zero-order chi connectivity index (χ0) is 37.8. The number of benzene rings is 1. The highest BCUT2D eigenvalue weighted by atomic mass is 35.5. The number of nitrogens with zero attached hydrogens (tertiary/aromatic N) is 2. The Morgan fingerprint density at radius 3 is 2.63 bits per heavy atom. The molecule has 282 valence electrons. The Bertz CT molecular complexity index is 1560. The summed E-state index contributed by atoms with van der Waals surface area (Å²) in [5.41, 5.74) is -0.877. The Hall–Kier alpha value is -3.30. The van der Waals surface area contributed by atoms with Crippen molar-refractivity contribution in [3.63, 3.8) is 0 Å². The molecule has 3 aliphatic rings. The molecule has 1 aromatic rings. The largest absolute Gasteiger partial charge is 0.495 e. The van der Waals surface area contributed by atoms with Gasteiger partial charge in [0.05, 0.1) is 25.3 Å². The van der Waals surface area contributed by atoms with Gasteiger partial charge >= 0.3 is 12.1 Å². The summed E-state index contributed by atoms with van der Waals surface area (Å²) in [6, 6.07) is 2.64. The number of hydrogen-bond acceptors (Lipinski definition) is 11. The van der Waals surface area contributed by atoms with Crippen molar-refractivity contribution in [3.05, 3.63) is 46.5 Å². The number of carbonyl (C=O) groups is 4. The van der Waals surface area contributed by atoms with Gasteiger partial charge in [-0.05, 0) is 51.1 Å². The lowest BCUT2D eigenvalue weighted by atomic mass is 9.83. The molecule has 1 aromatic carbocycles. The lowest BCUT2D eigenvalue weighted by molar-refractivity contribution is -0.161. The molecule has 3 heterocycles. The van der Waals surface area contributed by atoms with Crippen LogP contribution in [0.5, 0.6) is 5.75 Å². The van der Waals surface area contributed by atoms with Crippen LogP contribution in [0.15, 0.2) is 35.9 Å². The number of amides is 3. The summed E-state index contributed by atoms with van der Waals surface area (Å²) in [7, 11) is 6.04. The Balaban J connectivity index is 1.76. The van der Waals surface area contributed by atoms with Crippen molar-refractivity contribution >= 4 is 52.9 Å². The topological polar surface area (TPSA) is 156 Å². The summed E-state index contributed by atoms with van der Waals surface area (Å²) in [5, 5.41) is 14.4. The Kier molecular flexibility index (Phi) is 13.2. The number of fused-ring (bicyclic) bond motifs is 5. The molecule has 0 radical (unpaired) electrons. The first-order valence-corrected chi connectivity index (χ1v) is 18.6. The van der Waals surface area contributed by atoms with Crippen molar-refractivity contribution < 1.29 is 48.0 Å². The first-order chi connectivity index (χ1) is 24.0. The number of hydrogen-bond donors (Lipinski definition) is 2. The van der Waals surface area contributed by atoms with Crippen LogP contribution in [0.3, 0.4) is 0 Å². The Morgan fingerprint density at radius 1 is 1.27 bits per heavy atom. The second kappa shape index (κ2) is 16.6. The molecule has 0 spiro atoms. The molecule has 3 amide bonds. The molecule has 13 nitrogen and oxygen atoms in total. The smallest absolute Gasteiger partial charge is 0.409 e. The van der Waals surface area contributed by atoms with E-state index in [9.17, 15) is 24.3 Å². The van der Waals surface area contributed by atoms with Gasteiger partial charge in [-0.1, -0.05) is 42.3 Å². The molecule has 2 saturated heterocycles. The van der Waals surface area contributed by atoms with Crippen molar-refractivity contribution in [3.8, 4) is 5.75 Å². The number of aliphatic hydroxyl groups is 1. The molecule has 2 N–H and O–H groups in total. The molecule has 0 saturated carbocycles. The maximum atomic E-state index is 14.1. The van der Waals surface area contributed by atoms with Crippen LogP contribution in [-0.2, 0) is 39.8 Å². The number of methoxy groups -OCH3 is 2. The van der Waals surface area contributed by atoms with Crippen molar-refractivity contribution in [1.82, 2.24) is 10.2 Å². The Labute approximate surface area is 308 Å². The molecular formula is C36H50ClN3O10S. The summed E-state index contributed by atoms with van der Waals surface area (Å²) in [4.78, 5) is 56.0. The molecule has 2 fully saturated rings. The lowest BCUT2D eigenvalue weighted by Crippen LogP contribution is -2.63. The second-order valence-electron chi connectivity index (χ2n) is 13.6. The molecule has 15 heteroatoms. The molecule has 3 unspecified atom stereocenters. The third kappa shape index (κ3) is 9.02. The van der Waals surface area contributed by atoms with E-state index in [1.807, 2.05) is 19.3 Å². The van der Waals surface area contributed by atoms with E-state index in [1.165, 1.54) is 42.8 Å². The highest BCUT2D eigenvalue weighted by Crippen LogP contribution is 2.49. The van der Waals surface area contributed by atoms with Crippen molar-refractivity contribution in [2.24, 2.45) is 5.92 Å². The van der Waals surface area contributed by atoms with Crippen molar-refractivity contribution in [1.29, 1.82) is 0 Å². The van der Waals surface area contributed by atoms with E-state index < -0.39 is 65.7 Å². The fraction of sp³-hybridized carbons (Fsp3) is 0.611. The van der Waals surface area contributed by atoms with Crippen molar-refractivity contribution in [2.75, 3.05) is 45.2 Å². The van der Waals surface area contributed by atoms with E-state index in [2.05, 4.69) is 5.32 Å². The van der Waals surface area contributed by atoms with Gasteiger partial charge in [0.1, 0.15) is 40.7 Å². The number of likely N-dealkylation sites (N-methyl/N-ethyl adjacent to an activating group) is 1. The predicted octanol–water partition coefficient (Wildman–Crippen LogP) is 4.27. The zero-order valence-corrected chi connectivity index (χ0v) is 32.3. The lowest BCUT2D eigenvalue weighted by Gasteiger charge is -2.42. The quantitative estimate of drug-likeness (QED) is 0.289. The average Bonchev–Trinajstić information content (AvgIpc) is 3.79. The average molecular weight is 752 g/mol. The minimum absolute atomic E-state index is 0.0440. The maximum absolute atomic E-state index is 14.1. The molecule has 0 aromatic heterocycles. The number of carbonyl (C=O) groups excluding carboxylic acids is 4. The van der Waals surface area contributed by atoms with E-state index in [-0.39, 0.29) is 30.2 Å². The highest BCUT2D eigenvalue weighted by molar-refractivity contribution is 7.98. The number of epoxide rings is 1. The number of rotatable bonds is 8. The van der Waals surface area contributed by atoms with Gasteiger partial charge in [0.2, 0.25) is 11.8 Å². The summed E-state index contributed by atoms with van der Waals surface area (Å²) in [6.07, 6.45) is 3.16. The monoisotopic (exact) mass is 751 g/mol. The van der Waals surface area contributed by atoms with Gasteiger partial charge in [-0.15, -0.1) is 0 Å². The number of allylic oxidation sites excluding steroid dienone is 3. The van der Waals surface area contributed by atoms with E-state index in [4.69, 9.17) is 35.3 Å². The van der Waals surface area contributed by atoms with Crippen LogP contribution < -0.4 is 15.0 Å². The number of alkyl carbamates (subject to hydrolysis) is 1. The van der Waals surface area contributed by atoms with Gasteiger partial charge in [0.25, 0.3) is 0 Å². The molecule has 4 bridgehead atoms. The van der Waals surface area contributed by atoms with Gasteiger partial charge in [-0.3, -0.25) is 14.9 Å². The molecule has 4 rings (SSSR count). The zero-order valence-electron chi connectivity index (χ0n) is 30.7. The second-order valence-corrected chi connectivity index (χ2v) is 15.0. The summed E-state index contributed by atoms with van der Waals surface area (Å²) in [6.45, 7) is 7.02. The van der Waals surface area contributed by atoms with E-state index in [0.717, 1.165) is 11.1 Å². The normalized spacial score (nSPS) is 31.9. The summed E-state index contributed by atoms with van der Waals surface area (Å²) in [5.74, 6) is -0.896. The van der Waals surface area contributed by atoms with Gasteiger partial charge in [-0.25, -0.2) is 9.59 Å². The summed E-state index contributed by atoms with van der Waals surface area (Å²) >= 11 is 8.27. The van der Waals surface area contributed by atoms with Gasteiger partial charge in [0, 0.05) is 45.7 Å². The first-order valence-electron chi connectivity index (χ1n) is 16.8. The highest BCUT2D eigenvalue weighted by Gasteiger charge is 2.64. The van der Waals surface area contributed by atoms with E-state index >= 15 is 0 Å². The van der Waals surface area contributed by atoms with E-state index in [1.54, 1.807) is 52.1 Å². The Morgan fingerprint density at radius 2 is 1.98 bits per heavy atom. The fourth-order valence-electron chi connectivity index (χ4n) is 6.58. The van der Waals surface area contributed by atoms with Gasteiger partial charge in [-0.2, -0.15) is 11.8 Å². The maximum Gasteiger partial charge on any atom is 0.409 e. The number of anilines is 1. The van der Waals surface area contributed by atoms with Gasteiger partial charge < -0.3 is 38.6 Å². The molecule has 51 heavy (non-hydrogen) atoms. The molecule has 0 aliphatic carbocycles. The molecule has 3 aliphatic heterocycles. The minimum Gasteiger partial charge on any atom is -0.495 e. The number of nitrogens with one attached hydrogen (secondary N) is 1. The van der Waals surface area contributed by atoms with Crippen LogP contribution in [0.2, 0.25) is 5.02 Å². The fourth-order valence-corrected chi connectivity index (χ4v) is 7.28.